The Morgan fingerprint density at radius 1 is 1.42 bits per heavy atom. The molecule has 3 rings (SSSR count). The minimum atomic E-state index is -1.06. The van der Waals surface area contributed by atoms with E-state index < -0.39 is 5.60 Å². The average molecular weight is 360 g/mol. The van der Waals surface area contributed by atoms with Gasteiger partial charge in [0.25, 0.3) is 5.56 Å². The summed E-state index contributed by atoms with van der Waals surface area (Å²) in [5.74, 6) is 1.13. The van der Waals surface area contributed by atoms with Crippen LogP contribution in [0.1, 0.15) is 30.6 Å². The molecule has 0 bridgehead atoms. The van der Waals surface area contributed by atoms with E-state index in [4.69, 9.17) is 9.26 Å². The standard InChI is InChI=1S/C19H24N2O5/c1-14-5-2-3-6-16(14)25-13-19(24)9-4-10-21(12-19)18(23)8-7-15-11-17(22)20-26-15/h2-3,5-6,11,24H,4,7-10,12-13H2,1H3,(H,20,22). The summed E-state index contributed by atoms with van der Waals surface area (Å²) in [5.41, 5.74) is -0.363. The number of amides is 1. The summed E-state index contributed by atoms with van der Waals surface area (Å²) in [4.78, 5) is 25.1. The highest BCUT2D eigenvalue weighted by molar-refractivity contribution is 5.76. The zero-order chi connectivity index (χ0) is 18.6. The van der Waals surface area contributed by atoms with Crippen molar-refractivity contribution in [3.63, 3.8) is 0 Å². The number of aryl methyl sites for hydroxylation is 2. The fourth-order valence-electron chi connectivity index (χ4n) is 3.21. The van der Waals surface area contributed by atoms with Crippen LogP contribution in [0, 0.1) is 6.92 Å². The van der Waals surface area contributed by atoms with Gasteiger partial charge < -0.3 is 19.3 Å². The van der Waals surface area contributed by atoms with Crippen LogP contribution in [-0.4, -0.2) is 46.4 Å². The van der Waals surface area contributed by atoms with Gasteiger partial charge in [-0.15, -0.1) is 0 Å². The van der Waals surface area contributed by atoms with E-state index in [2.05, 4.69) is 5.16 Å². The number of aromatic nitrogens is 1. The minimum absolute atomic E-state index is 0.0668. The number of carbonyl (C=O) groups is 1. The zero-order valence-corrected chi connectivity index (χ0v) is 14.9. The third kappa shape index (κ3) is 4.54. The highest BCUT2D eigenvalue weighted by Crippen LogP contribution is 2.25. The van der Waals surface area contributed by atoms with Gasteiger partial charge in [0.2, 0.25) is 5.91 Å². The van der Waals surface area contributed by atoms with E-state index in [1.165, 1.54) is 6.07 Å². The number of aliphatic hydroxyl groups is 1. The number of para-hydroxylation sites is 1. The number of nitrogens with zero attached hydrogens (tertiary/aromatic N) is 1. The Morgan fingerprint density at radius 3 is 2.96 bits per heavy atom. The largest absolute Gasteiger partial charge is 0.490 e. The summed E-state index contributed by atoms with van der Waals surface area (Å²) < 4.78 is 10.8. The molecule has 1 saturated heterocycles. The smallest absolute Gasteiger partial charge is 0.280 e. The third-order valence-corrected chi connectivity index (χ3v) is 4.66. The third-order valence-electron chi connectivity index (χ3n) is 4.66. The Hall–Kier alpha value is -2.54. The lowest BCUT2D eigenvalue weighted by Gasteiger charge is -2.39. The van der Waals surface area contributed by atoms with Crippen LogP contribution in [0.2, 0.25) is 0 Å². The van der Waals surface area contributed by atoms with Crippen molar-refractivity contribution >= 4 is 5.91 Å². The van der Waals surface area contributed by atoms with Gasteiger partial charge in [0.05, 0.1) is 6.54 Å². The second kappa shape index (κ2) is 7.78. The number of benzene rings is 1. The van der Waals surface area contributed by atoms with Gasteiger partial charge in [-0.2, -0.15) is 5.16 Å². The van der Waals surface area contributed by atoms with Gasteiger partial charge in [-0.1, -0.05) is 18.2 Å². The molecule has 7 nitrogen and oxygen atoms in total. The summed E-state index contributed by atoms with van der Waals surface area (Å²) in [7, 11) is 0. The maximum atomic E-state index is 12.4. The molecule has 0 saturated carbocycles. The van der Waals surface area contributed by atoms with Crippen LogP contribution in [0.4, 0.5) is 0 Å². The molecule has 1 fully saturated rings. The molecular weight excluding hydrogens is 336 g/mol. The van der Waals surface area contributed by atoms with Crippen molar-refractivity contribution in [1.29, 1.82) is 0 Å². The molecule has 2 N–H and O–H groups in total. The average Bonchev–Trinajstić information content (AvgIpc) is 3.04. The highest BCUT2D eigenvalue weighted by Gasteiger charge is 2.36. The normalized spacial score (nSPS) is 20.2. The monoisotopic (exact) mass is 360 g/mol. The summed E-state index contributed by atoms with van der Waals surface area (Å²) >= 11 is 0. The van der Waals surface area contributed by atoms with Crippen molar-refractivity contribution in [2.75, 3.05) is 19.7 Å². The molecule has 0 aliphatic carbocycles. The molecule has 1 aromatic carbocycles. The fraction of sp³-hybridized carbons (Fsp3) is 0.474. The minimum Gasteiger partial charge on any atom is -0.490 e. The molecule has 1 atom stereocenters. The molecule has 1 aromatic heterocycles. The van der Waals surface area contributed by atoms with E-state index in [9.17, 15) is 14.7 Å². The van der Waals surface area contributed by atoms with Gasteiger partial charge in [-0.3, -0.25) is 9.59 Å². The Morgan fingerprint density at radius 2 is 2.23 bits per heavy atom. The van der Waals surface area contributed by atoms with Gasteiger partial charge in [-0.05, 0) is 31.4 Å². The van der Waals surface area contributed by atoms with Crippen LogP contribution in [0.25, 0.3) is 0 Å². The quantitative estimate of drug-likeness (QED) is 0.816. The van der Waals surface area contributed by atoms with Gasteiger partial charge in [0.15, 0.2) is 0 Å². The molecular formula is C19H24N2O5. The number of likely N-dealkylation sites (tertiary alicyclic amines) is 1. The maximum Gasteiger partial charge on any atom is 0.280 e. The lowest BCUT2D eigenvalue weighted by Crippen LogP contribution is -2.53. The first-order chi connectivity index (χ1) is 12.5. The zero-order valence-electron chi connectivity index (χ0n) is 14.9. The molecule has 0 radical (unpaired) electrons. The van der Waals surface area contributed by atoms with E-state index in [1.54, 1.807) is 4.90 Å². The summed E-state index contributed by atoms with van der Waals surface area (Å²) in [6, 6.07) is 8.99. The van der Waals surface area contributed by atoms with Crippen molar-refractivity contribution in [3.05, 3.63) is 52.0 Å². The number of nitrogens with one attached hydrogen (secondary N) is 1. The van der Waals surface area contributed by atoms with Crippen molar-refractivity contribution in [2.24, 2.45) is 0 Å². The Labute approximate surface area is 151 Å². The number of β-amino-alcohol motifs (C(OH)–C–C–N with tert-alkyl or cyclic N) is 1. The number of piperidine rings is 1. The molecule has 1 unspecified atom stereocenters. The fourth-order valence-corrected chi connectivity index (χ4v) is 3.21. The topological polar surface area (TPSA) is 95.8 Å². The SMILES string of the molecule is Cc1ccccc1OCC1(O)CCCN(C(=O)CCc2cc(=O)[nH]o2)C1. The number of carbonyl (C=O) groups excluding carboxylic acids is 1. The summed E-state index contributed by atoms with van der Waals surface area (Å²) in [5, 5.41) is 13.1. The van der Waals surface area contributed by atoms with Crippen molar-refractivity contribution < 1.29 is 19.2 Å². The van der Waals surface area contributed by atoms with E-state index in [0.717, 1.165) is 17.7 Å². The molecule has 26 heavy (non-hydrogen) atoms. The summed E-state index contributed by atoms with van der Waals surface area (Å²) in [6.45, 7) is 2.96. The highest BCUT2D eigenvalue weighted by atomic mass is 16.5. The van der Waals surface area contributed by atoms with Crippen molar-refractivity contribution in [2.45, 2.75) is 38.2 Å². The lowest BCUT2D eigenvalue weighted by molar-refractivity contribution is -0.140. The molecule has 2 heterocycles. The predicted molar refractivity (Wildman–Crippen MR) is 95.1 cm³/mol. The van der Waals surface area contributed by atoms with Gasteiger partial charge in [0, 0.05) is 25.5 Å². The van der Waals surface area contributed by atoms with Crippen LogP contribution in [-0.2, 0) is 11.2 Å². The second-order valence-electron chi connectivity index (χ2n) is 6.88. The van der Waals surface area contributed by atoms with Crippen LogP contribution in [0.5, 0.6) is 5.75 Å². The number of rotatable bonds is 6. The molecule has 7 heteroatoms. The first-order valence-corrected chi connectivity index (χ1v) is 8.81. The van der Waals surface area contributed by atoms with Crippen LogP contribution < -0.4 is 10.3 Å². The predicted octanol–water partition coefficient (Wildman–Crippen LogP) is 1.64. The first-order valence-electron chi connectivity index (χ1n) is 8.81. The van der Waals surface area contributed by atoms with E-state index in [-0.39, 0.29) is 31.0 Å². The molecule has 2 aromatic rings. The van der Waals surface area contributed by atoms with E-state index >= 15 is 0 Å². The Balaban J connectivity index is 1.54. The molecule has 1 amide bonds. The second-order valence-corrected chi connectivity index (χ2v) is 6.88. The van der Waals surface area contributed by atoms with E-state index in [0.29, 0.717) is 25.1 Å². The molecule has 140 valence electrons. The first kappa shape index (κ1) is 18.3. The van der Waals surface area contributed by atoms with Crippen molar-refractivity contribution in [3.8, 4) is 5.75 Å². The number of H-pyrrole nitrogens is 1. The van der Waals surface area contributed by atoms with Crippen LogP contribution in [0.3, 0.4) is 0 Å². The summed E-state index contributed by atoms with van der Waals surface area (Å²) in [6.07, 6.45) is 1.90. The molecule has 0 spiro atoms. The number of hydrogen-bond acceptors (Lipinski definition) is 5. The van der Waals surface area contributed by atoms with Gasteiger partial charge in [0.1, 0.15) is 23.7 Å². The van der Waals surface area contributed by atoms with Crippen LogP contribution in [0.15, 0.2) is 39.6 Å². The van der Waals surface area contributed by atoms with Gasteiger partial charge in [-0.25, -0.2) is 0 Å². The Kier molecular flexibility index (Phi) is 5.46. The van der Waals surface area contributed by atoms with E-state index in [1.807, 2.05) is 31.2 Å². The number of ether oxygens (including phenoxy) is 1. The molecule has 1 aliphatic heterocycles. The maximum absolute atomic E-state index is 12.4. The molecule has 1 aliphatic rings. The lowest BCUT2D eigenvalue weighted by atomic mass is 9.93. The number of hydrogen-bond donors (Lipinski definition) is 2. The van der Waals surface area contributed by atoms with Gasteiger partial charge >= 0.3 is 0 Å². The van der Waals surface area contributed by atoms with Crippen LogP contribution >= 0.6 is 0 Å². The van der Waals surface area contributed by atoms with Crippen molar-refractivity contribution in [1.82, 2.24) is 10.1 Å². The Bertz CT molecular complexity index is 812. The number of aromatic amines is 1.